The molecule has 0 amide bonds. The molecule has 0 aliphatic carbocycles. The summed E-state index contributed by atoms with van der Waals surface area (Å²) in [6, 6.07) is 6.88. The molecular weight excluding hydrogens is 264 g/mol. The maximum Gasteiger partial charge on any atom is 0.240 e. The quantitative estimate of drug-likeness (QED) is 0.765. The molecule has 108 valence electrons. The molecule has 2 N–H and O–H groups in total. The summed E-state index contributed by atoms with van der Waals surface area (Å²) in [7, 11) is -1.73. The highest BCUT2D eigenvalue weighted by Crippen LogP contribution is 2.14. The molecule has 1 unspecified atom stereocenters. The number of hydrogen-bond donors (Lipinski definition) is 2. The first-order valence-electron chi connectivity index (χ1n) is 6.34. The van der Waals surface area contributed by atoms with Gasteiger partial charge in [0.05, 0.1) is 11.5 Å². The molecule has 1 aromatic rings. The number of rotatable bonds is 8. The molecule has 0 saturated carbocycles. The summed E-state index contributed by atoms with van der Waals surface area (Å²) in [5.41, 5.74) is 0.874. The number of nitrogens with one attached hydrogen (secondary N) is 2. The molecule has 0 heterocycles. The van der Waals surface area contributed by atoms with Crippen LogP contribution < -0.4 is 10.0 Å². The summed E-state index contributed by atoms with van der Waals surface area (Å²) in [6.07, 6.45) is 0.771. The predicted octanol–water partition coefficient (Wildman–Crippen LogP) is 1.82. The Morgan fingerprint density at radius 1 is 1.26 bits per heavy atom. The molecule has 0 bridgehead atoms. The standard InChI is InChI=1S/C13H22N2O3S/c1-4-9-14-19(16,17)13-7-5-12(6-8-13)15-11(2)10-18-3/h5-8,11,14-15H,4,9-10H2,1-3H3. The predicted molar refractivity (Wildman–Crippen MR) is 76.9 cm³/mol. The van der Waals surface area contributed by atoms with Crippen molar-refractivity contribution >= 4 is 15.7 Å². The Bertz CT molecular complexity index is 471. The lowest BCUT2D eigenvalue weighted by atomic mass is 10.3. The van der Waals surface area contributed by atoms with Crippen LogP contribution in [-0.2, 0) is 14.8 Å². The monoisotopic (exact) mass is 286 g/mol. The zero-order valence-electron chi connectivity index (χ0n) is 11.6. The summed E-state index contributed by atoms with van der Waals surface area (Å²) in [4.78, 5) is 0.283. The molecule has 1 rings (SSSR count). The van der Waals surface area contributed by atoms with Crippen LogP contribution >= 0.6 is 0 Å². The smallest absolute Gasteiger partial charge is 0.240 e. The third kappa shape index (κ3) is 5.18. The molecule has 0 saturated heterocycles. The highest BCUT2D eigenvalue weighted by Gasteiger charge is 2.12. The lowest BCUT2D eigenvalue weighted by molar-refractivity contribution is 0.190. The van der Waals surface area contributed by atoms with Crippen LogP contribution in [-0.4, -0.2) is 34.7 Å². The van der Waals surface area contributed by atoms with Crippen LogP contribution in [0, 0.1) is 0 Å². The van der Waals surface area contributed by atoms with Gasteiger partial charge in [-0.2, -0.15) is 0 Å². The van der Waals surface area contributed by atoms with Gasteiger partial charge in [-0.25, -0.2) is 13.1 Å². The molecule has 0 radical (unpaired) electrons. The molecule has 6 heteroatoms. The Balaban J connectivity index is 2.71. The fraction of sp³-hybridized carbons (Fsp3) is 0.538. The second-order valence-corrected chi connectivity index (χ2v) is 6.19. The Morgan fingerprint density at radius 3 is 2.42 bits per heavy atom. The number of ether oxygens (including phenoxy) is 1. The zero-order valence-corrected chi connectivity index (χ0v) is 12.5. The molecule has 0 aromatic heterocycles. The molecule has 0 spiro atoms. The van der Waals surface area contributed by atoms with Gasteiger partial charge in [-0.05, 0) is 37.6 Å². The van der Waals surface area contributed by atoms with Gasteiger partial charge in [-0.1, -0.05) is 6.92 Å². The van der Waals surface area contributed by atoms with E-state index in [0.717, 1.165) is 12.1 Å². The van der Waals surface area contributed by atoms with Crippen LogP contribution in [0.3, 0.4) is 0 Å². The molecule has 5 nitrogen and oxygen atoms in total. The Kier molecular flexibility index (Phi) is 6.27. The lowest BCUT2D eigenvalue weighted by Crippen LogP contribution is -2.24. The van der Waals surface area contributed by atoms with E-state index in [1.54, 1.807) is 31.4 Å². The average Bonchev–Trinajstić information content (AvgIpc) is 2.37. The second kappa shape index (κ2) is 7.47. The molecule has 1 atom stereocenters. The van der Waals surface area contributed by atoms with Crippen molar-refractivity contribution in [2.45, 2.75) is 31.2 Å². The summed E-state index contributed by atoms with van der Waals surface area (Å²) in [5.74, 6) is 0. The van der Waals surface area contributed by atoms with Gasteiger partial charge in [0.2, 0.25) is 10.0 Å². The van der Waals surface area contributed by atoms with Crippen molar-refractivity contribution in [3.05, 3.63) is 24.3 Å². The van der Waals surface area contributed by atoms with Crippen molar-refractivity contribution in [2.75, 3.05) is 25.6 Å². The van der Waals surface area contributed by atoms with E-state index in [9.17, 15) is 8.42 Å². The summed E-state index contributed by atoms with van der Waals surface area (Å²) in [6.45, 7) is 4.97. The first-order chi connectivity index (χ1) is 8.99. The van der Waals surface area contributed by atoms with E-state index in [-0.39, 0.29) is 10.9 Å². The number of anilines is 1. The fourth-order valence-electron chi connectivity index (χ4n) is 1.63. The van der Waals surface area contributed by atoms with Crippen molar-refractivity contribution in [3.8, 4) is 0 Å². The van der Waals surface area contributed by atoms with Gasteiger partial charge in [0.1, 0.15) is 0 Å². The zero-order chi connectivity index (χ0) is 14.3. The van der Waals surface area contributed by atoms with Gasteiger partial charge in [0.25, 0.3) is 0 Å². The maximum atomic E-state index is 11.9. The van der Waals surface area contributed by atoms with Crippen LogP contribution in [0.25, 0.3) is 0 Å². The van der Waals surface area contributed by atoms with Crippen LogP contribution in [0.1, 0.15) is 20.3 Å². The van der Waals surface area contributed by atoms with E-state index in [4.69, 9.17) is 4.74 Å². The third-order valence-electron chi connectivity index (χ3n) is 2.54. The van der Waals surface area contributed by atoms with E-state index in [1.165, 1.54) is 0 Å². The van der Waals surface area contributed by atoms with Gasteiger partial charge in [-0.15, -0.1) is 0 Å². The van der Waals surface area contributed by atoms with Crippen molar-refractivity contribution in [2.24, 2.45) is 0 Å². The van der Waals surface area contributed by atoms with E-state index < -0.39 is 10.0 Å². The van der Waals surface area contributed by atoms with Crippen molar-refractivity contribution in [3.63, 3.8) is 0 Å². The van der Waals surface area contributed by atoms with E-state index in [1.807, 2.05) is 13.8 Å². The first-order valence-corrected chi connectivity index (χ1v) is 7.83. The molecule has 0 fully saturated rings. The summed E-state index contributed by atoms with van der Waals surface area (Å²) >= 11 is 0. The summed E-state index contributed by atoms with van der Waals surface area (Å²) < 4.78 is 31.3. The fourth-order valence-corrected chi connectivity index (χ4v) is 2.76. The molecular formula is C13H22N2O3S. The Morgan fingerprint density at radius 2 is 1.89 bits per heavy atom. The topological polar surface area (TPSA) is 67.4 Å². The van der Waals surface area contributed by atoms with Crippen LogP contribution in [0.15, 0.2) is 29.2 Å². The average molecular weight is 286 g/mol. The molecule has 1 aromatic carbocycles. The molecule has 0 aliphatic heterocycles. The van der Waals surface area contributed by atoms with Crippen LogP contribution in [0.2, 0.25) is 0 Å². The minimum atomic E-state index is -3.38. The molecule has 19 heavy (non-hydrogen) atoms. The number of sulfonamides is 1. The normalized spacial score (nSPS) is 13.2. The number of hydrogen-bond acceptors (Lipinski definition) is 4. The highest BCUT2D eigenvalue weighted by molar-refractivity contribution is 7.89. The van der Waals surface area contributed by atoms with Gasteiger partial charge in [-0.3, -0.25) is 0 Å². The van der Waals surface area contributed by atoms with Gasteiger partial charge in [0, 0.05) is 25.4 Å². The minimum absolute atomic E-state index is 0.172. The Hall–Kier alpha value is -1.11. The second-order valence-electron chi connectivity index (χ2n) is 4.42. The van der Waals surface area contributed by atoms with Gasteiger partial charge < -0.3 is 10.1 Å². The first kappa shape index (κ1) is 15.9. The highest BCUT2D eigenvalue weighted by atomic mass is 32.2. The van der Waals surface area contributed by atoms with Crippen molar-refractivity contribution in [1.29, 1.82) is 0 Å². The van der Waals surface area contributed by atoms with Crippen molar-refractivity contribution < 1.29 is 13.2 Å². The van der Waals surface area contributed by atoms with Crippen LogP contribution in [0.4, 0.5) is 5.69 Å². The number of methoxy groups -OCH3 is 1. The van der Waals surface area contributed by atoms with Crippen molar-refractivity contribution in [1.82, 2.24) is 4.72 Å². The number of benzene rings is 1. The lowest BCUT2D eigenvalue weighted by Gasteiger charge is -2.14. The van der Waals surface area contributed by atoms with Gasteiger partial charge in [0.15, 0.2) is 0 Å². The van der Waals surface area contributed by atoms with Gasteiger partial charge >= 0.3 is 0 Å². The minimum Gasteiger partial charge on any atom is -0.383 e. The largest absolute Gasteiger partial charge is 0.383 e. The third-order valence-corrected chi connectivity index (χ3v) is 4.01. The molecule has 0 aliphatic rings. The van der Waals surface area contributed by atoms with E-state index >= 15 is 0 Å². The maximum absolute atomic E-state index is 11.9. The SMILES string of the molecule is CCCNS(=O)(=O)c1ccc(NC(C)COC)cc1. The Labute approximate surface area is 115 Å². The van der Waals surface area contributed by atoms with E-state index in [0.29, 0.717) is 13.2 Å². The van der Waals surface area contributed by atoms with Crippen LogP contribution in [0.5, 0.6) is 0 Å². The summed E-state index contributed by atoms with van der Waals surface area (Å²) in [5, 5.41) is 3.22. The van der Waals surface area contributed by atoms with E-state index in [2.05, 4.69) is 10.0 Å².